The molecule has 2 aromatic carbocycles. The number of carbonyl (C=O) groups is 2. The summed E-state index contributed by atoms with van der Waals surface area (Å²) >= 11 is 0. The third kappa shape index (κ3) is 6.63. The molecule has 1 atom stereocenters. The van der Waals surface area contributed by atoms with E-state index >= 15 is 0 Å². The summed E-state index contributed by atoms with van der Waals surface area (Å²) in [5.74, 6) is 0.908. The number of methoxy groups -OCH3 is 1. The summed E-state index contributed by atoms with van der Waals surface area (Å²) in [4.78, 5) is 27.5. The number of carbonyl (C=O) groups excluding carboxylic acids is 2. The normalized spacial score (nSPS) is 11.8. The number of benzene rings is 2. The van der Waals surface area contributed by atoms with E-state index in [-0.39, 0.29) is 18.2 Å². The first-order valence-electron chi connectivity index (χ1n) is 10.1. The van der Waals surface area contributed by atoms with Crippen molar-refractivity contribution in [3.63, 3.8) is 0 Å². The van der Waals surface area contributed by atoms with Crippen LogP contribution in [0.2, 0.25) is 0 Å². The van der Waals surface area contributed by atoms with E-state index in [4.69, 9.17) is 4.74 Å². The molecule has 1 unspecified atom stereocenters. The molecule has 0 saturated carbocycles. The molecule has 0 radical (unpaired) electrons. The number of ether oxygens (including phenoxy) is 1. The maximum atomic E-state index is 13.2. The van der Waals surface area contributed by atoms with Crippen LogP contribution in [0.4, 0.5) is 0 Å². The lowest BCUT2D eigenvalue weighted by molar-refractivity contribution is -0.140. The van der Waals surface area contributed by atoms with Crippen molar-refractivity contribution < 1.29 is 14.3 Å². The molecule has 0 spiro atoms. The van der Waals surface area contributed by atoms with Crippen LogP contribution in [-0.2, 0) is 22.6 Å². The molecule has 2 amide bonds. The Morgan fingerprint density at radius 3 is 2.28 bits per heavy atom. The van der Waals surface area contributed by atoms with Crippen LogP contribution in [0, 0.1) is 12.8 Å². The fraction of sp³-hybridized carbons (Fsp3) is 0.417. The molecule has 0 fully saturated rings. The number of nitrogens with one attached hydrogen (secondary N) is 1. The van der Waals surface area contributed by atoms with E-state index in [0.29, 0.717) is 19.0 Å². The second-order valence-corrected chi connectivity index (χ2v) is 7.79. The zero-order chi connectivity index (χ0) is 21.4. The van der Waals surface area contributed by atoms with Crippen molar-refractivity contribution >= 4 is 11.8 Å². The number of aryl methyl sites for hydroxylation is 1. The number of rotatable bonds is 9. The monoisotopic (exact) mass is 396 g/mol. The van der Waals surface area contributed by atoms with Crippen molar-refractivity contribution in [1.82, 2.24) is 10.2 Å². The lowest BCUT2D eigenvalue weighted by Crippen LogP contribution is -2.48. The molecule has 0 aliphatic carbocycles. The van der Waals surface area contributed by atoms with E-state index in [1.54, 1.807) is 18.9 Å². The van der Waals surface area contributed by atoms with Crippen LogP contribution in [0.5, 0.6) is 5.75 Å². The number of amides is 2. The van der Waals surface area contributed by atoms with Gasteiger partial charge in [-0.2, -0.15) is 0 Å². The Kier molecular flexibility index (Phi) is 8.25. The van der Waals surface area contributed by atoms with Crippen molar-refractivity contribution in [2.45, 2.75) is 46.7 Å². The number of hydrogen-bond acceptors (Lipinski definition) is 3. The fourth-order valence-corrected chi connectivity index (χ4v) is 3.04. The summed E-state index contributed by atoms with van der Waals surface area (Å²) in [6, 6.07) is 14.9. The van der Waals surface area contributed by atoms with Gasteiger partial charge in [0.05, 0.1) is 13.5 Å². The molecule has 0 aliphatic rings. The molecule has 0 bridgehead atoms. The van der Waals surface area contributed by atoms with Gasteiger partial charge in [-0.05, 0) is 48.6 Å². The molecule has 0 saturated heterocycles. The van der Waals surface area contributed by atoms with E-state index in [1.807, 2.05) is 69.3 Å². The van der Waals surface area contributed by atoms with Crippen LogP contribution in [0.3, 0.4) is 0 Å². The lowest BCUT2D eigenvalue weighted by Gasteiger charge is -2.29. The second-order valence-electron chi connectivity index (χ2n) is 7.79. The predicted octanol–water partition coefficient (Wildman–Crippen LogP) is 3.74. The van der Waals surface area contributed by atoms with E-state index in [1.165, 1.54) is 0 Å². The molecule has 156 valence electrons. The minimum atomic E-state index is -0.563. The zero-order valence-corrected chi connectivity index (χ0v) is 18.1. The first-order chi connectivity index (χ1) is 13.8. The standard InChI is InChI=1S/C24H32N2O3/c1-17(2)15-25-24(28)19(4)26(16-20-10-12-22(29-5)13-11-20)23(27)14-21-9-7-6-8-18(21)3/h6-13,17,19H,14-16H2,1-5H3,(H,25,28). The summed E-state index contributed by atoms with van der Waals surface area (Å²) in [7, 11) is 1.62. The molecular formula is C24H32N2O3. The van der Waals surface area contributed by atoms with Crippen LogP contribution in [0.15, 0.2) is 48.5 Å². The van der Waals surface area contributed by atoms with E-state index in [9.17, 15) is 9.59 Å². The summed E-state index contributed by atoms with van der Waals surface area (Å²) in [6.07, 6.45) is 0.268. The first kappa shape index (κ1) is 22.5. The zero-order valence-electron chi connectivity index (χ0n) is 18.1. The van der Waals surface area contributed by atoms with Gasteiger partial charge in [-0.1, -0.05) is 50.2 Å². The average Bonchev–Trinajstić information content (AvgIpc) is 2.71. The van der Waals surface area contributed by atoms with Crippen LogP contribution in [-0.4, -0.2) is 36.4 Å². The van der Waals surface area contributed by atoms with Crippen molar-refractivity contribution in [3.05, 3.63) is 65.2 Å². The highest BCUT2D eigenvalue weighted by Crippen LogP contribution is 2.17. The first-order valence-corrected chi connectivity index (χ1v) is 10.1. The Morgan fingerprint density at radius 1 is 1.03 bits per heavy atom. The van der Waals surface area contributed by atoms with Gasteiger partial charge in [-0.25, -0.2) is 0 Å². The van der Waals surface area contributed by atoms with Gasteiger partial charge >= 0.3 is 0 Å². The highest BCUT2D eigenvalue weighted by molar-refractivity contribution is 5.88. The van der Waals surface area contributed by atoms with Gasteiger partial charge in [-0.3, -0.25) is 9.59 Å². The van der Waals surface area contributed by atoms with Gasteiger partial charge in [0.2, 0.25) is 11.8 Å². The third-order valence-electron chi connectivity index (χ3n) is 4.97. The topological polar surface area (TPSA) is 58.6 Å². The van der Waals surface area contributed by atoms with Gasteiger partial charge < -0.3 is 15.0 Å². The molecule has 0 aromatic heterocycles. The molecule has 2 rings (SSSR count). The van der Waals surface area contributed by atoms with Gasteiger partial charge in [0.1, 0.15) is 11.8 Å². The van der Waals surface area contributed by atoms with Crippen LogP contribution in [0.25, 0.3) is 0 Å². The van der Waals surface area contributed by atoms with Crippen LogP contribution in [0.1, 0.15) is 37.5 Å². The Labute approximate surface area is 174 Å². The minimum Gasteiger partial charge on any atom is -0.497 e. The van der Waals surface area contributed by atoms with Crippen molar-refractivity contribution in [2.24, 2.45) is 5.92 Å². The Balaban J connectivity index is 2.21. The molecular weight excluding hydrogens is 364 g/mol. The number of nitrogens with zero attached hydrogens (tertiary/aromatic N) is 1. The quantitative estimate of drug-likeness (QED) is 0.703. The maximum Gasteiger partial charge on any atom is 0.242 e. The Bertz CT molecular complexity index is 815. The molecule has 2 aromatic rings. The highest BCUT2D eigenvalue weighted by Gasteiger charge is 2.26. The van der Waals surface area contributed by atoms with Crippen LogP contribution >= 0.6 is 0 Å². The predicted molar refractivity (Wildman–Crippen MR) is 116 cm³/mol. The Hall–Kier alpha value is -2.82. The van der Waals surface area contributed by atoms with Crippen molar-refractivity contribution in [2.75, 3.05) is 13.7 Å². The highest BCUT2D eigenvalue weighted by atomic mass is 16.5. The smallest absolute Gasteiger partial charge is 0.242 e. The van der Waals surface area contributed by atoms with Crippen molar-refractivity contribution in [3.8, 4) is 5.75 Å². The summed E-state index contributed by atoms with van der Waals surface area (Å²) in [6.45, 7) is 8.83. The van der Waals surface area contributed by atoms with Crippen LogP contribution < -0.4 is 10.1 Å². The fourth-order valence-electron chi connectivity index (χ4n) is 3.04. The third-order valence-corrected chi connectivity index (χ3v) is 4.97. The van der Waals surface area contributed by atoms with Gasteiger partial charge in [-0.15, -0.1) is 0 Å². The SMILES string of the molecule is COc1ccc(CN(C(=O)Cc2ccccc2C)C(C)C(=O)NCC(C)C)cc1. The average molecular weight is 397 g/mol. The largest absolute Gasteiger partial charge is 0.497 e. The van der Waals surface area contributed by atoms with E-state index in [0.717, 1.165) is 22.4 Å². The Morgan fingerprint density at radius 2 is 1.69 bits per heavy atom. The van der Waals surface area contributed by atoms with Gasteiger partial charge in [0.15, 0.2) is 0 Å². The van der Waals surface area contributed by atoms with Gasteiger partial charge in [0.25, 0.3) is 0 Å². The molecule has 29 heavy (non-hydrogen) atoms. The summed E-state index contributed by atoms with van der Waals surface area (Å²) in [5, 5.41) is 2.94. The molecule has 0 aliphatic heterocycles. The maximum absolute atomic E-state index is 13.2. The van der Waals surface area contributed by atoms with Crippen molar-refractivity contribution in [1.29, 1.82) is 0 Å². The summed E-state index contributed by atoms with van der Waals surface area (Å²) in [5.41, 5.74) is 3.00. The molecule has 5 heteroatoms. The van der Waals surface area contributed by atoms with E-state index in [2.05, 4.69) is 5.32 Å². The van der Waals surface area contributed by atoms with E-state index < -0.39 is 6.04 Å². The lowest BCUT2D eigenvalue weighted by atomic mass is 10.0. The molecule has 1 N–H and O–H groups in total. The number of hydrogen-bond donors (Lipinski definition) is 1. The molecule has 5 nitrogen and oxygen atoms in total. The minimum absolute atomic E-state index is 0.0673. The summed E-state index contributed by atoms with van der Waals surface area (Å²) < 4.78 is 5.21. The second kappa shape index (κ2) is 10.6. The van der Waals surface area contributed by atoms with Gasteiger partial charge in [0, 0.05) is 13.1 Å². The molecule has 0 heterocycles.